The Balaban J connectivity index is 1.91. The van der Waals surface area contributed by atoms with Crippen molar-refractivity contribution >= 4 is 11.9 Å². The monoisotopic (exact) mass is 369 g/mol. The van der Waals surface area contributed by atoms with Crippen LogP contribution in [0.4, 0.5) is 0 Å². The molecule has 0 heterocycles. The van der Waals surface area contributed by atoms with Gasteiger partial charge in [-0.15, -0.1) is 0 Å². The largest absolute Gasteiger partial charge is 0.496 e. The summed E-state index contributed by atoms with van der Waals surface area (Å²) in [6.07, 6.45) is 0.820. The first-order valence-electron chi connectivity index (χ1n) is 8.99. The molecule has 27 heavy (non-hydrogen) atoms. The van der Waals surface area contributed by atoms with E-state index in [9.17, 15) is 4.79 Å². The van der Waals surface area contributed by atoms with Crippen molar-refractivity contribution in [2.24, 2.45) is 4.99 Å². The normalized spacial score (nSPS) is 11.0. The Bertz CT molecular complexity index is 758. The van der Waals surface area contributed by atoms with Crippen molar-refractivity contribution in [3.63, 3.8) is 0 Å². The zero-order valence-corrected chi connectivity index (χ0v) is 16.1. The molecule has 2 rings (SSSR count). The molecule has 0 atom stereocenters. The summed E-state index contributed by atoms with van der Waals surface area (Å²) in [4.78, 5) is 16.1. The van der Waals surface area contributed by atoms with Crippen LogP contribution >= 0.6 is 0 Å². The summed E-state index contributed by atoms with van der Waals surface area (Å²) >= 11 is 0. The predicted molar refractivity (Wildman–Crippen MR) is 107 cm³/mol. The van der Waals surface area contributed by atoms with Crippen molar-refractivity contribution in [3.05, 3.63) is 65.2 Å². The molecule has 0 fully saturated rings. The van der Waals surface area contributed by atoms with E-state index in [1.54, 1.807) is 19.2 Å². The van der Waals surface area contributed by atoms with Gasteiger partial charge in [0.15, 0.2) is 5.96 Å². The number of nitrogens with zero attached hydrogens (tertiary/aromatic N) is 1. The molecule has 0 aliphatic heterocycles. The maximum atomic E-state index is 11.5. The highest BCUT2D eigenvalue weighted by Gasteiger charge is 2.05. The number of carbonyl (C=O) groups is 1. The Labute approximate surface area is 160 Å². The van der Waals surface area contributed by atoms with Gasteiger partial charge in [0.05, 0.1) is 26.3 Å². The Kier molecular flexibility index (Phi) is 8.16. The third kappa shape index (κ3) is 6.33. The van der Waals surface area contributed by atoms with Crippen LogP contribution in [0.1, 0.15) is 28.4 Å². The van der Waals surface area contributed by atoms with E-state index in [0.717, 1.165) is 42.3 Å². The maximum absolute atomic E-state index is 11.5. The minimum absolute atomic E-state index is 0.322. The van der Waals surface area contributed by atoms with Gasteiger partial charge in [0.25, 0.3) is 0 Å². The summed E-state index contributed by atoms with van der Waals surface area (Å²) in [6.45, 7) is 4.08. The summed E-state index contributed by atoms with van der Waals surface area (Å²) in [5, 5.41) is 6.58. The number of rotatable bonds is 8. The number of hydrogen-bond donors (Lipinski definition) is 2. The number of guanidine groups is 1. The first-order chi connectivity index (χ1) is 13.2. The van der Waals surface area contributed by atoms with Gasteiger partial charge in [-0.3, -0.25) is 0 Å². The molecule has 0 aliphatic carbocycles. The molecule has 0 saturated carbocycles. The fourth-order valence-corrected chi connectivity index (χ4v) is 2.59. The first kappa shape index (κ1) is 20.3. The molecule has 0 bridgehead atoms. The molecule has 2 aromatic carbocycles. The van der Waals surface area contributed by atoms with Crippen molar-refractivity contribution in [1.29, 1.82) is 0 Å². The fraction of sp³-hybridized carbons (Fsp3) is 0.333. The van der Waals surface area contributed by atoms with Crippen LogP contribution < -0.4 is 15.4 Å². The smallest absolute Gasteiger partial charge is 0.337 e. The maximum Gasteiger partial charge on any atom is 0.337 e. The molecule has 0 aliphatic rings. The zero-order chi connectivity index (χ0) is 19.5. The number of para-hydroxylation sites is 1. The molecule has 2 aromatic rings. The molecule has 0 aromatic heterocycles. The fourth-order valence-electron chi connectivity index (χ4n) is 2.59. The number of ether oxygens (including phenoxy) is 2. The average molecular weight is 369 g/mol. The van der Waals surface area contributed by atoms with E-state index in [-0.39, 0.29) is 5.97 Å². The molecule has 0 spiro atoms. The Morgan fingerprint density at radius 3 is 2.44 bits per heavy atom. The lowest BCUT2D eigenvalue weighted by molar-refractivity contribution is 0.0600. The van der Waals surface area contributed by atoms with Gasteiger partial charge in [-0.1, -0.05) is 30.3 Å². The van der Waals surface area contributed by atoms with E-state index >= 15 is 0 Å². The number of benzene rings is 2. The van der Waals surface area contributed by atoms with Crippen molar-refractivity contribution in [3.8, 4) is 5.75 Å². The second-order valence-corrected chi connectivity index (χ2v) is 5.87. The Morgan fingerprint density at radius 2 is 1.78 bits per heavy atom. The quantitative estimate of drug-likeness (QED) is 0.425. The lowest BCUT2D eigenvalue weighted by Gasteiger charge is -2.12. The van der Waals surface area contributed by atoms with Gasteiger partial charge in [0, 0.05) is 18.7 Å². The van der Waals surface area contributed by atoms with Gasteiger partial charge in [-0.2, -0.15) is 0 Å². The number of carbonyl (C=O) groups excluding carboxylic acids is 1. The summed E-state index contributed by atoms with van der Waals surface area (Å²) < 4.78 is 10.1. The summed E-state index contributed by atoms with van der Waals surface area (Å²) in [5.41, 5.74) is 2.73. The van der Waals surface area contributed by atoms with E-state index in [4.69, 9.17) is 9.47 Å². The molecule has 0 unspecified atom stereocenters. The van der Waals surface area contributed by atoms with Crippen LogP contribution in [-0.4, -0.2) is 39.2 Å². The highest BCUT2D eigenvalue weighted by molar-refractivity contribution is 5.89. The molecule has 0 radical (unpaired) electrons. The van der Waals surface area contributed by atoms with Crippen molar-refractivity contribution in [2.45, 2.75) is 19.9 Å². The van der Waals surface area contributed by atoms with Gasteiger partial charge < -0.3 is 20.1 Å². The molecular formula is C21H27N3O3. The van der Waals surface area contributed by atoms with Crippen LogP contribution in [-0.2, 0) is 17.7 Å². The second-order valence-electron chi connectivity index (χ2n) is 5.87. The van der Waals surface area contributed by atoms with E-state index in [1.165, 1.54) is 7.11 Å². The Morgan fingerprint density at radius 1 is 1.04 bits per heavy atom. The van der Waals surface area contributed by atoms with Gasteiger partial charge in [-0.25, -0.2) is 9.79 Å². The van der Waals surface area contributed by atoms with E-state index in [1.807, 2.05) is 43.3 Å². The molecular weight excluding hydrogens is 342 g/mol. The predicted octanol–water partition coefficient (Wildman–Crippen LogP) is 2.78. The third-order valence-corrected chi connectivity index (χ3v) is 4.03. The number of aliphatic imine (C=N–C) groups is 1. The lowest BCUT2D eigenvalue weighted by atomic mass is 10.1. The number of hydrogen-bond acceptors (Lipinski definition) is 4. The average Bonchev–Trinajstić information content (AvgIpc) is 2.72. The lowest BCUT2D eigenvalue weighted by Crippen LogP contribution is -2.38. The van der Waals surface area contributed by atoms with Gasteiger partial charge >= 0.3 is 5.97 Å². The molecule has 2 N–H and O–H groups in total. The second kappa shape index (κ2) is 10.9. The third-order valence-electron chi connectivity index (χ3n) is 4.03. The van der Waals surface area contributed by atoms with Gasteiger partial charge in [-0.05, 0) is 37.1 Å². The number of esters is 1. The van der Waals surface area contributed by atoms with Crippen LogP contribution in [0.25, 0.3) is 0 Å². The molecule has 144 valence electrons. The van der Waals surface area contributed by atoms with E-state index < -0.39 is 0 Å². The van der Waals surface area contributed by atoms with Crippen molar-refractivity contribution in [2.75, 3.05) is 27.3 Å². The SMILES string of the molecule is CCNC(=NCc1ccccc1OC)NCCc1ccc(C(=O)OC)cc1. The standard InChI is InChI=1S/C21H27N3O3/c1-4-22-21(24-15-18-7-5-6-8-19(18)26-2)23-14-13-16-9-11-17(12-10-16)20(25)27-3/h5-12H,4,13-15H2,1-3H3,(H2,22,23,24). The molecule has 0 amide bonds. The number of methoxy groups -OCH3 is 2. The topological polar surface area (TPSA) is 72.0 Å². The molecule has 0 saturated heterocycles. The van der Waals surface area contributed by atoms with Gasteiger partial charge in [0.2, 0.25) is 0 Å². The highest BCUT2D eigenvalue weighted by atomic mass is 16.5. The minimum atomic E-state index is -0.322. The van der Waals surface area contributed by atoms with Crippen LogP contribution in [0.3, 0.4) is 0 Å². The molecule has 6 heteroatoms. The van der Waals surface area contributed by atoms with Crippen LogP contribution in [0, 0.1) is 0 Å². The first-order valence-corrected chi connectivity index (χ1v) is 8.99. The highest BCUT2D eigenvalue weighted by Crippen LogP contribution is 2.17. The Hall–Kier alpha value is -3.02. The minimum Gasteiger partial charge on any atom is -0.496 e. The van der Waals surface area contributed by atoms with Crippen LogP contribution in [0.2, 0.25) is 0 Å². The zero-order valence-electron chi connectivity index (χ0n) is 16.1. The number of nitrogens with one attached hydrogen (secondary N) is 2. The van der Waals surface area contributed by atoms with Crippen molar-refractivity contribution in [1.82, 2.24) is 10.6 Å². The van der Waals surface area contributed by atoms with Gasteiger partial charge in [0.1, 0.15) is 5.75 Å². The molecule has 6 nitrogen and oxygen atoms in total. The summed E-state index contributed by atoms with van der Waals surface area (Å²) in [6, 6.07) is 15.3. The van der Waals surface area contributed by atoms with E-state index in [2.05, 4.69) is 15.6 Å². The van der Waals surface area contributed by atoms with E-state index in [0.29, 0.717) is 12.1 Å². The summed E-state index contributed by atoms with van der Waals surface area (Å²) in [7, 11) is 3.05. The van der Waals surface area contributed by atoms with Crippen molar-refractivity contribution < 1.29 is 14.3 Å². The van der Waals surface area contributed by atoms with Crippen LogP contribution in [0.15, 0.2) is 53.5 Å². The summed E-state index contributed by atoms with van der Waals surface area (Å²) in [5.74, 6) is 1.27. The van der Waals surface area contributed by atoms with Crippen LogP contribution in [0.5, 0.6) is 5.75 Å².